The van der Waals surface area contributed by atoms with Crippen LogP contribution in [-0.4, -0.2) is 11.7 Å². The molecule has 0 bridgehead atoms. The molecule has 7 heavy (non-hydrogen) atoms. The SMILES string of the molecule is CC(=O)[CH]C(N)=O. The van der Waals surface area contributed by atoms with Gasteiger partial charge in [-0.2, -0.15) is 0 Å². The predicted molar refractivity (Wildman–Crippen MR) is 24.2 cm³/mol. The smallest absolute Gasteiger partial charge is 0.229 e. The highest BCUT2D eigenvalue weighted by Gasteiger charge is 1.96. The molecule has 0 heterocycles. The van der Waals surface area contributed by atoms with Crippen LogP contribution in [0.3, 0.4) is 0 Å². The van der Waals surface area contributed by atoms with Crippen LogP contribution in [0.5, 0.6) is 0 Å². The first-order valence-electron chi connectivity index (χ1n) is 1.77. The maximum absolute atomic E-state index is 9.90. The second-order valence-electron chi connectivity index (χ2n) is 1.16. The summed E-state index contributed by atoms with van der Waals surface area (Å²) < 4.78 is 0. The molecule has 3 nitrogen and oxygen atoms in total. The average Bonchev–Trinajstić information content (AvgIpc) is 1.27. The molecule has 0 fully saturated rings. The van der Waals surface area contributed by atoms with Crippen molar-refractivity contribution in [1.29, 1.82) is 0 Å². The largest absolute Gasteiger partial charge is 0.369 e. The fraction of sp³-hybridized carbons (Fsp3) is 0.250. The Kier molecular flexibility index (Phi) is 2.05. The van der Waals surface area contributed by atoms with E-state index in [9.17, 15) is 9.59 Å². The van der Waals surface area contributed by atoms with Crippen molar-refractivity contribution in [3.63, 3.8) is 0 Å². The maximum atomic E-state index is 9.90. The zero-order chi connectivity index (χ0) is 5.86. The van der Waals surface area contributed by atoms with Crippen molar-refractivity contribution in [3.05, 3.63) is 6.42 Å². The molecule has 0 aliphatic heterocycles. The van der Waals surface area contributed by atoms with E-state index in [4.69, 9.17) is 0 Å². The third kappa shape index (κ3) is 5.14. The number of hydrogen-bond donors (Lipinski definition) is 1. The fourth-order valence-electron chi connectivity index (χ4n) is 0.200. The number of carbonyl (C=O) groups is 2. The van der Waals surface area contributed by atoms with Crippen molar-refractivity contribution in [1.82, 2.24) is 0 Å². The molecular weight excluding hydrogens is 94.0 g/mol. The lowest BCUT2D eigenvalue weighted by molar-refractivity contribution is -0.120. The molecule has 0 aromatic rings. The summed E-state index contributed by atoms with van der Waals surface area (Å²) in [5.41, 5.74) is 4.58. The van der Waals surface area contributed by atoms with Crippen LogP contribution in [0.15, 0.2) is 0 Å². The van der Waals surface area contributed by atoms with E-state index in [2.05, 4.69) is 5.73 Å². The number of amides is 1. The van der Waals surface area contributed by atoms with E-state index in [0.717, 1.165) is 6.42 Å². The van der Waals surface area contributed by atoms with E-state index in [1.165, 1.54) is 6.92 Å². The summed E-state index contributed by atoms with van der Waals surface area (Å²) >= 11 is 0. The van der Waals surface area contributed by atoms with Crippen molar-refractivity contribution in [2.45, 2.75) is 6.92 Å². The predicted octanol–water partition coefficient (Wildman–Crippen LogP) is -0.735. The lowest BCUT2D eigenvalue weighted by atomic mass is 10.3. The molecule has 0 saturated carbocycles. The molecule has 0 aliphatic rings. The Hall–Kier alpha value is -0.860. The van der Waals surface area contributed by atoms with Gasteiger partial charge in [0.1, 0.15) is 12.2 Å². The number of ketones is 1. The first-order chi connectivity index (χ1) is 3.13. The van der Waals surface area contributed by atoms with Gasteiger partial charge in [0, 0.05) is 0 Å². The van der Waals surface area contributed by atoms with Gasteiger partial charge in [-0.1, -0.05) is 0 Å². The minimum absolute atomic E-state index is 0.312. The lowest BCUT2D eigenvalue weighted by Crippen LogP contribution is -2.14. The summed E-state index contributed by atoms with van der Waals surface area (Å²) in [7, 11) is 0. The number of hydrogen-bond acceptors (Lipinski definition) is 2. The van der Waals surface area contributed by atoms with E-state index in [1.54, 1.807) is 0 Å². The van der Waals surface area contributed by atoms with Gasteiger partial charge in [0.25, 0.3) is 0 Å². The molecule has 1 amide bonds. The Balaban J connectivity index is 3.32. The summed E-state index contributed by atoms with van der Waals surface area (Å²) in [5, 5.41) is 0. The Labute approximate surface area is 41.5 Å². The highest BCUT2D eigenvalue weighted by Crippen LogP contribution is 1.72. The monoisotopic (exact) mass is 100 g/mol. The van der Waals surface area contributed by atoms with Crippen molar-refractivity contribution >= 4 is 11.7 Å². The molecule has 0 unspecified atom stereocenters. The molecular formula is C4H6NO2. The molecule has 39 valence electrons. The summed E-state index contributed by atoms with van der Waals surface area (Å²) in [5.74, 6) is -1.000. The van der Waals surface area contributed by atoms with Crippen LogP contribution in [0.1, 0.15) is 6.92 Å². The third-order valence-electron chi connectivity index (χ3n) is 0.346. The van der Waals surface area contributed by atoms with Crippen molar-refractivity contribution < 1.29 is 9.59 Å². The van der Waals surface area contributed by atoms with Crippen LogP contribution in [0.4, 0.5) is 0 Å². The Bertz CT molecular complexity index is 85.9. The zero-order valence-corrected chi connectivity index (χ0v) is 3.97. The average molecular weight is 100 g/mol. The van der Waals surface area contributed by atoms with Gasteiger partial charge in [0.2, 0.25) is 5.91 Å². The Morgan fingerprint density at radius 1 is 1.57 bits per heavy atom. The first-order valence-corrected chi connectivity index (χ1v) is 1.77. The van der Waals surface area contributed by atoms with Crippen LogP contribution < -0.4 is 5.73 Å². The number of nitrogens with two attached hydrogens (primary N) is 1. The molecule has 2 N–H and O–H groups in total. The number of rotatable bonds is 2. The molecule has 0 aliphatic carbocycles. The molecule has 3 heteroatoms. The summed E-state index contributed by atoms with van der Waals surface area (Å²) in [6.07, 6.45) is 0.833. The maximum Gasteiger partial charge on any atom is 0.229 e. The summed E-state index contributed by atoms with van der Waals surface area (Å²) in [4.78, 5) is 19.7. The number of Topliss-reactive ketones (excluding diaryl/α,β-unsaturated/α-hetero) is 1. The van der Waals surface area contributed by atoms with E-state index < -0.39 is 5.91 Å². The van der Waals surface area contributed by atoms with Crippen molar-refractivity contribution in [2.75, 3.05) is 0 Å². The Morgan fingerprint density at radius 2 is 2.00 bits per heavy atom. The minimum atomic E-state index is -0.687. The van der Waals surface area contributed by atoms with E-state index in [-0.39, 0.29) is 5.78 Å². The van der Waals surface area contributed by atoms with Crippen molar-refractivity contribution in [2.24, 2.45) is 5.73 Å². The van der Waals surface area contributed by atoms with Crippen LogP contribution in [-0.2, 0) is 9.59 Å². The highest BCUT2D eigenvalue weighted by atomic mass is 16.2. The van der Waals surface area contributed by atoms with Gasteiger partial charge in [-0.25, -0.2) is 0 Å². The first kappa shape index (κ1) is 6.14. The van der Waals surface area contributed by atoms with Crippen LogP contribution >= 0.6 is 0 Å². The van der Waals surface area contributed by atoms with E-state index in [0.29, 0.717) is 0 Å². The third-order valence-corrected chi connectivity index (χ3v) is 0.346. The number of primary amides is 1. The molecule has 0 atom stereocenters. The van der Waals surface area contributed by atoms with E-state index in [1.807, 2.05) is 0 Å². The Morgan fingerprint density at radius 3 is 2.00 bits per heavy atom. The van der Waals surface area contributed by atoms with Gasteiger partial charge < -0.3 is 5.73 Å². The normalized spacial score (nSPS) is 8.14. The topological polar surface area (TPSA) is 60.2 Å². The molecule has 1 radical (unpaired) electrons. The molecule has 0 saturated heterocycles. The molecule has 0 rings (SSSR count). The number of carbonyl (C=O) groups excluding carboxylic acids is 2. The van der Waals surface area contributed by atoms with Crippen LogP contribution in [0.25, 0.3) is 0 Å². The van der Waals surface area contributed by atoms with Crippen molar-refractivity contribution in [3.8, 4) is 0 Å². The highest BCUT2D eigenvalue weighted by molar-refractivity contribution is 6.07. The van der Waals surface area contributed by atoms with Crippen LogP contribution in [0, 0.1) is 6.42 Å². The fourth-order valence-corrected chi connectivity index (χ4v) is 0.200. The van der Waals surface area contributed by atoms with Gasteiger partial charge in [0.05, 0.1) is 0 Å². The van der Waals surface area contributed by atoms with Crippen LogP contribution in [0.2, 0.25) is 0 Å². The van der Waals surface area contributed by atoms with Gasteiger partial charge in [0.15, 0.2) is 0 Å². The van der Waals surface area contributed by atoms with Gasteiger partial charge in [-0.3, -0.25) is 9.59 Å². The lowest BCUT2D eigenvalue weighted by Gasteiger charge is -1.81. The second kappa shape index (κ2) is 2.34. The summed E-state index contributed by atoms with van der Waals surface area (Å²) in [6.45, 7) is 1.27. The molecule has 0 aromatic carbocycles. The van der Waals surface area contributed by atoms with Gasteiger partial charge in [-0.15, -0.1) is 0 Å². The zero-order valence-electron chi connectivity index (χ0n) is 3.97. The minimum Gasteiger partial charge on any atom is -0.369 e. The summed E-state index contributed by atoms with van der Waals surface area (Å²) in [6, 6.07) is 0. The molecule has 0 spiro atoms. The standard InChI is InChI=1S/C4H6NO2/c1-3(6)2-4(5)7/h2H,1H3,(H2,5,7). The van der Waals surface area contributed by atoms with Gasteiger partial charge in [-0.05, 0) is 6.92 Å². The van der Waals surface area contributed by atoms with Gasteiger partial charge >= 0.3 is 0 Å². The van der Waals surface area contributed by atoms with E-state index >= 15 is 0 Å². The second-order valence-corrected chi connectivity index (χ2v) is 1.16. The quantitative estimate of drug-likeness (QED) is 0.465. The molecule has 0 aromatic heterocycles.